The number of aromatic nitrogens is 2. The zero-order valence-corrected chi connectivity index (χ0v) is 11.5. The number of amides is 1. The van der Waals surface area contributed by atoms with Gasteiger partial charge < -0.3 is 11.1 Å². The first kappa shape index (κ1) is 13.0. The number of nitrogen functional groups attached to an aromatic ring is 1. The van der Waals surface area contributed by atoms with E-state index >= 15 is 0 Å². The number of nitrogens with two attached hydrogens (primary N) is 1. The Kier molecular flexibility index (Phi) is 3.62. The Labute approximate surface area is 104 Å². The van der Waals surface area contributed by atoms with Crippen molar-refractivity contribution in [1.29, 1.82) is 0 Å². The van der Waals surface area contributed by atoms with Crippen molar-refractivity contribution in [2.45, 2.75) is 39.3 Å². The van der Waals surface area contributed by atoms with E-state index in [1.807, 2.05) is 20.8 Å². The summed E-state index contributed by atoms with van der Waals surface area (Å²) in [7, 11) is 0. The fraction of sp³-hybridized carbons (Fsp3) is 0.600. The highest BCUT2D eigenvalue weighted by atomic mass is 79.9. The van der Waals surface area contributed by atoms with E-state index in [0.29, 0.717) is 10.3 Å². The standard InChI is InChI=1S/C10H17BrN4O/c1-6(9(16)13-10(2,3)4)15-5-7(11)8(12)14-15/h5-6H,1-4H3,(H2,12,14)(H,13,16). The van der Waals surface area contributed by atoms with Crippen LogP contribution in [0.3, 0.4) is 0 Å². The van der Waals surface area contributed by atoms with Crippen LogP contribution in [0.4, 0.5) is 5.82 Å². The molecule has 1 amide bonds. The first-order valence-electron chi connectivity index (χ1n) is 5.03. The first-order chi connectivity index (χ1) is 7.20. The number of anilines is 1. The summed E-state index contributed by atoms with van der Waals surface area (Å²) in [6, 6.07) is -0.382. The fourth-order valence-electron chi connectivity index (χ4n) is 1.18. The van der Waals surface area contributed by atoms with Crippen LogP contribution in [-0.2, 0) is 4.79 Å². The number of halogens is 1. The number of carbonyl (C=O) groups excluding carboxylic acids is 1. The van der Waals surface area contributed by atoms with Gasteiger partial charge in [0.1, 0.15) is 6.04 Å². The molecule has 1 atom stereocenters. The molecule has 0 aliphatic carbocycles. The average Bonchev–Trinajstić information content (AvgIpc) is 2.43. The minimum Gasteiger partial charge on any atom is -0.381 e. The predicted molar refractivity (Wildman–Crippen MR) is 66.9 cm³/mol. The third kappa shape index (κ3) is 3.23. The predicted octanol–water partition coefficient (Wildman–Crippen LogP) is 1.70. The highest BCUT2D eigenvalue weighted by molar-refractivity contribution is 9.10. The van der Waals surface area contributed by atoms with E-state index in [0.717, 1.165) is 0 Å². The van der Waals surface area contributed by atoms with Gasteiger partial charge >= 0.3 is 0 Å². The molecule has 0 bridgehead atoms. The van der Waals surface area contributed by atoms with Crippen molar-refractivity contribution < 1.29 is 4.79 Å². The lowest BCUT2D eigenvalue weighted by Crippen LogP contribution is -2.43. The lowest BCUT2D eigenvalue weighted by molar-refractivity contribution is -0.125. The largest absolute Gasteiger partial charge is 0.381 e. The van der Waals surface area contributed by atoms with Gasteiger partial charge in [0.2, 0.25) is 5.91 Å². The summed E-state index contributed by atoms with van der Waals surface area (Å²) < 4.78 is 2.24. The second-order valence-electron chi connectivity index (χ2n) is 4.76. The van der Waals surface area contributed by atoms with Crippen LogP contribution in [0, 0.1) is 0 Å². The van der Waals surface area contributed by atoms with Crippen LogP contribution in [0.2, 0.25) is 0 Å². The molecule has 1 heterocycles. The van der Waals surface area contributed by atoms with E-state index in [2.05, 4.69) is 26.3 Å². The van der Waals surface area contributed by atoms with Gasteiger partial charge in [-0.3, -0.25) is 9.48 Å². The SMILES string of the molecule is CC(C(=O)NC(C)(C)C)n1cc(Br)c(N)n1. The van der Waals surface area contributed by atoms with Crippen LogP contribution in [0.1, 0.15) is 33.7 Å². The Morgan fingerprint density at radius 2 is 2.19 bits per heavy atom. The molecule has 0 spiro atoms. The lowest BCUT2D eigenvalue weighted by Gasteiger charge is -2.23. The van der Waals surface area contributed by atoms with Crippen LogP contribution in [0.25, 0.3) is 0 Å². The number of hydrogen-bond donors (Lipinski definition) is 2. The van der Waals surface area contributed by atoms with Gasteiger partial charge in [-0.05, 0) is 43.6 Å². The van der Waals surface area contributed by atoms with Crippen LogP contribution < -0.4 is 11.1 Å². The number of rotatable bonds is 2. The monoisotopic (exact) mass is 288 g/mol. The minimum absolute atomic E-state index is 0.0810. The summed E-state index contributed by atoms with van der Waals surface area (Å²) in [6.45, 7) is 7.58. The molecule has 6 heteroatoms. The summed E-state index contributed by atoms with van der Waals surface area (Å²) in [5.74, 6) is 0.304. The third-order valence-corrected chi connectivity index (χ3v) is 2.60. The van der Waals surface area contributed by atoms with E-state index in [4.69, 9.17) is 5.73 Å². The van der Waals surface area contributed by atoms with E-state index in [1.165, 1.54) is 0 Å². The molecule has 1 aromatic heterocycles. The van der Waals surface area contributed by atoms with Gasteiger partial charge in [-0.1, -0.05) is 0 Å². The first-order valence-corrected chi connectivity index (χ1v) is 5.82. The molecule has 0 aromatic carbocycles. The van der Waals surface area contributed by atoms with Gasteiger partial charge in [-0.25, -0.2) is 0 Å². The van der Waals surface area contributed by atoms with E-state index in [1.54, 1.807) is 17.8 Å². The number of nitrogens with one attached hydrogen (secondary N) is 1. The maximum atomic E-state index is 11.9. The number of hydrogen-bond acceptors (Lipinski definition) is 3. The summed E-state index contributed by atoms with van der Waals surface area (Å²) in [5.41, 5.74) is 5.35. The highest BCUT2D eigenvalue weighted by Crippen LogP contribution is 2.19. The topological polar surface area (TPSA) is 72.9 Å². The van der Waals surface area contributed by atoms with Crippen molar-refractivity contribution >= 4 is 27.7 Å². The van der Waals surface area contributed by atoms with Gasteiger partial charge in [-0.15, -0.1) is 0 Å². The molecule has 0 fully saturated rings. The summed E-state index contributed by atoms with van der Waals surface area (Å²) in [6.07, 6.45) is 1.70. The smallest absolute Gasteiger partial charge is 0.244 e. The Hall–Kier alpha value is -1.04. The molecule has 90 valence electrons. The Morgan fingerprint density at radius 1 is 1.62 bits per heavy atom. The molecule has 16 heavy (non-hydrogen) atoms. The minimum atomic E-state index is -0.382. The lowest BCUT2D eigenvalue weighted by atomic mass is 10.1. The van der Waals surface area contributed by atoms with Gasteiger partial charge in [-0.2, -0.15) is 5.10 Å². The molecule has 1 aromatic rings. The second kappa shape index (κ2) is 4.45. The van der Waals surface area contributed by atoms with E-state index in [-0.39, 0.29) is 17.5 Å². The van der Waals surface area contributed by atoms with Crippen molar-refractivity contribution in [3.05, 3.63) is 10.7 Å². The Morgan fingerprint density at radius 3 is 2.56 bits per heavy atom. The normalized spacial score (nSPS) is 13.6. The van der Waals surface area contributed by atoms with Crippen molar-refractivity contribution in [3.63, 3.8) is 0 Å². The quantitative estimate of drug-likeness (QED) is 0.870. The molecule has 3 N–H and O–H groups in total. The van der Waals surface area contributed by atoms with Crippen molar-refractivity contribution in [2.75, 3.05) is 5.73 Å². The number of nitrogens with zero attached hydrogens (tertiary/aromatic N) is 2. The third-order valence-electron chi connectivity index (χ3n) is 1.99. The molecule has 0 radical (unpaired) electrons. The zero-order valence-electron chi connectivity index (χ0n) is 9.91. The molecule has 0 saturated heterocycles. The second-order valence-corrected chi connectivity index (χ2v) is 5.61. The average molecular weight is 289 g/mol. The molecule has 0 aliphatic heterocycles. The van der Waals surface area contributed by atoms with E-state index in [9.17, 15) is 4.79 Å². The Balaban J connectivity index is 2.78. The van der Waals surface area contributed by atoms with Crippen LogP contribution >= 0.6 is 15.9 Å². The molecule has 1 rings (SSSR count). The van der Waals surface area contributed by atoms with Gasteiger partial charge in [0.05, 0.1) is 4.47 Å². The van der Waals surface area contributed by atoms with Gasteiger partial charge in [0, 0.05) is 11.7 Å². The highest BCUT2D eigenvalue weighted by Gasteiger charge is 2.21. The molecular weight excluding hydrogens is 272 g/mol. The Bertz CT molecular complexity index is 375. The molecule has 0 aliphatic rings. The molecule has 0 saturated carbocycles. The van der Waals surface area contributed by atoms with Crippen molar-refractivity contribution in [2.24, 2.45) is 0 Å². The van der Waals surface area contributed by atoms with Crippen molar-refractivity contribution in [1.82, 2.24) is 15.1 Å². The van der Waals surface area contributed by atoms with E-state index < -0.39 is 0 Å². The van der Waals surface area contributed by atoms with Gasteiger partial charge in [0.25, 0.3) is 0 Å². The van der Waals surface area contributed by atoms with Crippen LogP contribution in [0.15, 0.2) is 10.7 Å². The molecular formula is C10H17BrN4O. The number of carbonyl (C=O) groups is 1. The summed E-state index contributed by atoms with van der Waals surface area (Å²) in [5, 5.41) is 6.94. The van der Waals surface area contributed by atoms with Gasteiger partial charge in [0.15, 0.2) is 5.82 Å². The van der Waals surface area contributed by atoms with Crippen LogP contribution in [0.5, 0.6) is 0 Å². The van der Waals surface area contributed by atoms with Crippen molar-refractivity contribution in [3.8, 4) is 0 Å². The fourth-order valence-corrected chi connectivity index (χ4v) is 1.46. The summed E-state index contributed by atoms with van der Waals surface area (Å²) in [4.78, 5) is 11.9. The van der Waals surface area contributed by atoms with Crippen LogP contribution in [-0.4, -0.2) is 21.2 Å². The maximum absolute atomic E-state index is 11.9. The molecule has 1 unspecified atom stereocenters. The zero-order chi connectivity index (χ0) is 12.5. The maximum Gasteiger partial charge on any atom is 0.244 e. The summed E-state index contributed by atoms with van der Waals surface area (Å²) >= 11 is 3.25. The molecule has 5 nitrogen and oxygen atoms in total.